The first-order valence-electron chi connectivity index (χ1n) is 6.24. The maximum absolute atomic E-state index is 6.33. The van der Waals surface area contributed by atoms with E-state index in [4.69, 9.17) is 5.73 Å². The maximum atomic E-state index is 6.33. The molecule has 0 bridgehead atoms. The summed E-state index contributed by atoms with van der Waals surface area (Å²) in [7, 11) is 0. The normalized spacial score (nSPS) is 17.5. The zero-order chi connectivity index (χ0) is 11.7. The van der Waals surface area contributed by atoms with E-state index in [0.717, 1.165) is 0 Å². The molecule has 2 N–H and O–H groups in total. The van der Waals surface area contributed by atoms with Crippen LogP contribution in [0.3, 0.4) is 0 Å². The second-order valence-corrected chi connectivity index (χ2v) is 6.64. The molecule has 90 valence electrons. The van der Waals surface area contributed by atoms with Crippen LogP contribution in [0.1, 0.15) is 46.2 Å². The molecule has 2 aromatic heterocycles. The van der Waals surface area contributed by atoms with Crippen molar-refractivity contribution in [3.63, 3.8) is 0 Å². The van der Waals surface area contributed by atoms with E-state index in [2.05, 4.69) is 22.9 Å². The van der Waals surface area contributed by atoms with E-state index >= 15 is 0 Å². The van der Waals surface area contributed by atoms with Gasteiger partial charge in [0.1, 0.15) is 0 Å². The Hall–Kier alpha value is -0.640. The molecule has 0 saturated carbocycles. The van der Waals surface area contributed by atoms with Gasteiger partial charge in [-0.1, -0.05) is 6.42 Å². The van der Waals surface area contributed by atoms with Crippen LogP contribution in [0.4, 0.5) is 0 Å². The van der Waals surface area contributed by atoms with Crippen molar-refractivity contribution in [2.75, 3.05) is 0 Å². The second-order valence-electron chi connectivity index (χ2n) is 4.69. The summed E-state index contributed by atoms with van der Waals surface area (Å²) in [6, 6.07) is 4.58. The lowest BCUT2D eigenvalue weighted by Crippen LogP contribution is -2.08. The molecule has 2 heterocycles. The molecule has 0 spiro atoms. The van der Waals surface area contributed by atoms with Gasteiger partial charge < -0.3 is 5.73 Å². The molecule has 2 aromatic rings. The Kier molecular flexibility index (Phi) is 3.32. The molecule has 0 aromatic carbocycles. The molecular formula is C14H17NS2. The van der Waals surface area contributed by atoms with E-state index in [0.29, 0.717) is 0 Å². The van der Waals surface area contributed by atoms with Crippen LogP contribution in [0, 0.1) is 0 Å². The summed E-state index contributed by atoms with van der Waals surface area (Å²) < 4.78 is 0. The summed E-state index contributed by atoms with van der Waals surface area (Å²) in [6.07, 6.45) is 6.59. The minimum Gasteiger partial charge on any atom is -0.320 e. The molecule has 17 heavy (non-hydrogen) atoms. The molecule has 1 aliphatic rings. The van der Waals surface area contributed by atoms with E-state index in [1.165, 1.54) is 42.5 Å². The number of rotatable bonds is 2. The number of hydrogen-bond acceptors (Lipinski definition) is 3. The standard InChI is InChI=1S/C14H17NS2/c15-14(11-6-7-16-9-11)13-8-10-4-2-1-3-5-12(10)17-13/h6-9,14H,1-5,15H2. The van der Waals surface area contributed by atoms with Gasteiger partial charge >= 0.3 is 0 Å². The van der Waals surface area contributed by atoms with Gasteiger partial charge in [-0.3, -0.25) is 0 Å². The Labute approximate surface area is 110 Å². The first kappa shape index (κ1) is 11.5. The zero-order valence-electron chi connectivity index (χ0n) is 9.82. The monoisotopic (exact) mass is 263 g/mol. The summed E-state index contributed by atoms with van der Waals surface area (Å²) in [4.78, 5) is 2.93. The molecule has 0 amide bonds. The number of nitrogens with two attached hydrogens (primary N) is 1. The van der Waals surface area contributed by atoms with Crippen molar-refractivity contribution < 1.29 is 0 Å². The highest BCUT2D eigenvalue weighted by molar-refractivity contribution is 7.12. The Bertz CT molecular complexity index is 461. The highest BCUT2D eigenvalue weighted by Gasteiger charge is 2.17. The third-order valence-electron chi connectivity index (χ3n) is 3.47. The lowest BCUT2D eigenvalue weighted by molar-refractivity contribution is 0.712. The van der Waals surface area contributed by atoms with Gasteiger partial charge in [0, 0.05) is 9.75 Å². The lowest BCUT2D eigenvalue weighted by atomic mass is 10.1. The molecule has 1 unspecified atom stereocenters. The van der Waals surface area contributed by atoms with Crippen LogP contribution in [0.15, 0.2) is 22.9 Å². The van der Waals surface area contributed by atoms with Gasteiger partial charge in [-0.15, -0.1) is 11.3 Å². The molecule has 1 aliphatic carbocycles. The molecular weight excluding hydrogens is 246 g/mol. The third-order valence-corrected chi connectivity index (χ3v) is 5.50. The van der Waals surface area contributed by atoms with E-state index in [1.807, 2.05) is 11.3 Å². The predicted octanol–water partition coefficient (Wildman–Crippen LogP) is 4.13. The average Bonchev–Trinajstić information content (AvgIpc) is 2.95. The van der Waals surface area contributed by atoms with Crippen LogP contribution in [-0.2, 0) is 12.8 Å². The van der Waals surface area contributed by atoms with Gasteiger partial charge in [-0.2, -0.15) is 11.3 Å². The van der Waals surface area contributed by atoms with Crippen molar-refractivity contribution in [3.05, 3.63) is 43.8 Å². The summed E-state index contributed by atoms with van der Waals surface area (Å²) in [5, 5.41) is 4.27. The quantitative estimate of drug-likeness (QED) is 0.810. The van der Waals surface area contributed by atoms with Crippen molar-refractivity contribution in [2.24, 2.45) is 5.73 Å². The van der Waals surface area contributed by atoms with Crippen LogP contribution >= 0.6 is 22.7 Å². The fourth-order valence-electron chi connectivity index (χ4n) is 2.46. The summed E-state index contributed by atoms with van der Waals surface area (Å²) in [5.74, 6) is 0. The van der Waals surface area contributed by atoms with Crippen LogP contribution in [0.25, 0.3) is 0 Å². The van der Waals surface area contributed by atoms with Crippen molar-refractivity contribution >= 4 is 22.7 Å². The van der Waals surface area contributed by atoms with Crippen LogP contribution in [-0.4, -0.2) is 0 Å². The maximum Gasteiger partial charge on any atom is 0.0654 e. The van der Waals surface area contributed by atoms with Crippen LogP contribution < -0.4 is 5.73 Å². The summed E-state index contributed by atoms with van der Waals surface area (Å²) in [5.41, 5.74) is 9.15. The van der Waals surface area contributed by atoms with Crippen molar-refractivity contribution in [1.29, 1.82) is 0 Å². The molecule has 1 nitrogen and oxygen atoms in total. The van der Waals surface area contributed by atoms with E-state index in [-0.39, 0.29) is 6.04 Å². The second kappa shape index (κ2) is 4.92. The third kappa shape index (κ3) is 2.32. The van der Waals surface area contributed by atoms with Gasteiger partial charge in [0.25, 0.3) is 0 Å². The largest absolute Gasteiger partial charge is 0.320 e. The molecule has 0 radical (unpaired) electrons. The summed E-state index contributed by atoms with van der Waals surface area (Å²) in [6.45, 7) is 0. The minimum absolute atomic E-state index is 0.0816. The highest BCUT2D eigenvalue weighted by atomic mass is 32.1. The molecule has 3 rings (SSSR count). The number of fused-ring (bicyclic) bond motifs is 1. The predicted molar refractivity (Wildman–Crippen MR) is 75.9 cm³/mol. The van der Waals surface area contributed by atoms with Gasteiger partial charge in [-0.05, 0) is 59.7 Å². The molecule has 0 saturated heterocycles. The Morgan fingerprint density at radius 1 is 1.18 bits per heavy atom. The van der Waals surface area contributed by atoms with Gasteiger partial charge in [0.05, 0.1) is 6.04 Å². The SMILES string of the molecule is NC(c1ccsc1)c1cc2c(s1)CCCCC2. The van der Waals surface area contributed by atoms with E-state index in [1.54, 1.807) is 21.8 Å². The van der Waals surface area contributed by atoms with Crippen LogP contribution in [0.5, 0.6) is 0 Å². The molecule has 0 fully saturated rings. The van der Waals surface area contributed by atoms with E-state index < -0.39 is 0 Å². The minimum atomic E-state index is 0.0816. The Morgan fingerprint density at radius 3 is 2.88 bits per heavy atom. The fraction of sp³-hybridized carbons (Fsp3) is 0.429. The number of hydrogen-bond donors (Lipinski definition) is 1. The molecule has 3 heteroatoms. The van der Waals surface area contributed by atoms with E-state index in [9.17, 15) is 0 Å². The first-order valence-corrected chi connectivity index (χ1v) is 7.99. The van der Waals surface area contributed by atoms with Crippen molar-refractivity contribution in [1.82, 2.24) is 0 Å². The molecule has 0 aliphatic heterocycles. The Balaban J connectivity index is 1.89. The topological polar surface area (TPSA) is 26.0 Å². The van der Waals surface area contributed by atoms with Gasteiger partial charge in [-0.25, -0.2) is 0 Å². The highest BCUT2D eigenvalue weighted by Crippen LogP contribution is 2.34. The Morgan fingerprint density at radius 2 is 2.06 bits per heavy atom. The van der Waals surface area contributed by atoms with Crippen molar-refractivity contribution in [3.8, 4) is 0 Å². The fourth-order valence-corrected chi connectivity index (χ4v) is 4.44. The average molecular weight is 263 g/mol. The summed E-state index contributed by atoms with van der Waals surface area (Å²) >= 11 is 3.66. The number of thiophene rings is 2. The van der Waals surface area contributed by atoms with Gasteiger partial charge in [0.2, 0.25) is 0 Å². The van der Waals surface area contributed by atoms with Gasteiger partial charge in [0.15, 0.2) is 0 Å². The smallest absolute Gasteiger partial charge is 0.0654 e. The molecule has 1 atom stereocenters. The van der Waals surface area contributed by atoms with Crippen molar-refractivity contribution in [2.45, 2.75) is 38.1 Å². The zero-order valence-corrected chi connectivity index (χ0v) is 11.4. The van der Waals surface area contributed by atoms with Crippen LogP contribution in [0.2, 0.25) is 0 Å². The first-order chi connectivity index (χ1) is 8.34. The lowest BCUT2D eigenvalue weighted by Gasteiger charge is -2.06. The number of aryl methyl sites for hydroxylation is 2.